The highest BCUT2D eigenvalue weighted by Gasteiger charge is 2.26. The Morgan fingerprint density at radius 1 is 1.41 bits per heavy atom. The van der Waals surface area contributed by atoms with E-state index >= 15 is 0 Å². The topological polar surface area (TPSA) is 98.9 Å². The van der Waals surface area contributed by atoms with E-state index in [1.54, 1.807) is 18.5 Å². The lowest BCUT2D eigenvalue weighted by Gasteiger charge is -2.11. The molecule has 1 aliphatic rings. The summed E-state index contributed by atoms with van der Waals surface area (Å²) >= 11 is 1.21. The second kappa shape index (κ2) is 6.14. The molecule has 0 spiro atoms. The first-order valence-corrected chi connectivity index (χ1v) is 7.66. The van der Waals surface area contributed by atoms with Gasteiger partial charge in [-0.2, -0.15) is 5.10 Å². The molecule has 1 fully saturated rings. The number of carbonyl (C=O) groups excluding carboxylic acids is 2. The molecule has 1 unspecified atom stereocenters. The van der Waals surface area contributed by atoms with Gasteiger partial charge in [0.1, 0.15) is 6.54 Å². The van der Waals surface area contributed by atoms with Crippen molar-refractivity contribution < 1.29 is 9.59 Å². The average Bonchev–Trinajstić information content (AvgIpc) is 3.14. The first-order chi connectivity index (χ1) is 10.6. The lowest BCUT2D eigenvalue weighted by atomic mass is 10.2. The highest BCUT2D eigenvalue weighted by molar-refractivity contribution is 8.14. The maximum absolute atomic E-state index is 12.0. The summed E-state index contributed by atoms with van der Waals surface area (Å²) < 4.78 is 2.55. The van der Waals surface area contributed by atoms with E-state index in [1.807, 2.05) is 0 Å². The van der Waals surface area contributed by atoms with E-state index in [2.05, 4.69) is 15.5 Å². The SMILES string of the molecule is O=C(Cn1nc(-n2cccn2)ccc1=O)NC1CCSC1=O. The molecule has 3 heterocycles. The molecule has 0 radical (unpaired) electrons. The number of hydrogen-bond donors (Lipinski definition) is 1. The normalized spacial score (nSPS) is 17.6. The predicted molar refractivity (Wildman–Crippen MR) is 79.6 cm³/mol. The molecule has 1 N–H and O–H groups in total. The van der Waals surface area contributed by atoms with Gasteiger partial charge in [0, 0.05) is 24.2 Å². The van der Waals surface area contributed by atoms with Crippen LogP contribution >= 0.6 is 11.8 Å². The summed E-state index contributed by atoms with van der Waals surface area (Å²) in [5.41, 5.74) is -0.391. The van der Waals surface area contributed by atoms with Crippen LogP contribution in [0.25, 0.3) is 5.82 Å². The molecule has 1 atom stereocenters. The van der Waals surface area contributed by atoms with Gasteiger partial charge in [-0.25, -0.2) is 9.36 Å². The fourth-order valence-electron chi connectivity index (χ4n) is 2.08. The van der Waals surface area contributed by atoms with Crippen molar-refractivity contribution in [1.82, 2.24) is 24.9 Å². The molecule has 9 heteroatoms. The first-order valence-electron chi connectivity index (χ1n) is 6.68. The molecular weight excluding hydrogens is 306 g/mol. The molecular formula is C13H13N5O3S. The number of rotatable bonds is 4. The lowest BCUT2D eigenvalue weighted by Crippen LogP contribution is -2.41. The molecule has 114 valence electrons. The van der Waals surface area contributed by atoms with Crippen LogP contribution in [-0.2, 0) is 16.1 Å². The van der Waals surface area contributed by atoms with Crippen molar-refractivity contribution in [3.8, 4) is 5.82 Å². The molecule has 1 saturated heterocycles. The van der Waals surface area contributed by atoms with Crippen molar-refractivity contribution in [3.05, 3.63) is 40.9 Å². The minimum absolute atomic E-state index is 0.0426. The average molecular weight is 319 g/mol. The number of nitrogens with zero attached hydrogens (tertiary/aromatic N) is 4. The van der Waals surface area contributed by atoms with Gasteiger partial charge in [-0.1, -0.05) is 11.8 Å². The molecule has 0 aromatic carbocycles. The van der Waals surface area contributed by atoms with Crippen LogP contribution in [0.5, 0.6) is 0 Å². The van der Waals surface area contributed by atoms with Gasteiger partial charge in [-0.05, 0) is 18.6 Å². The Morgan fingerprint density at radius 2 is 2.27 bits per heavy atom. The number of carbonyl (C=O) groups is 2. The van der Waals surface area contributed by atoms with Gasteiger partial charge in [-0.15, -0.1) is 5.10 Å². The monoisotopic (exact) mass is 319 g/mol. The molecule has 3 rings (SSSR count). The summed E-state index contributed by atoms with van der Waals surface area (Å²) in [5, 5.41) is 10.7. The summed E-state index contributed by atoms with van der Waals surface area (Å²) in [6.07, 6.45) is 3.89. The van der Waals surface area contributed by atoms with Crippen LogP contribution in [0, 0.1) is 0 Å². The van der Waals surface area contributed by atoms with Crippen LogP contribution < -0.4 is 10.9 Å². The van der Waals surface area contributed by atoms with Crippen molar-refractivity contribution >= 4 is 22.8 Å². The second-order valence-electron chi connectivity index (χ2n) is 4.71. The summed E-state index contributed by atoms with van der Waals surface area (Å²) in [7, 11) is 0. The van der Waals surface area contributed by atoms with Gasteiger partial charge in [-0.3, -0.25) is 14.4 Å². The standard InChI is InChI=1S/C13H13N5O3S/c19-11(15-9-4-7-22-13(9)21)8-18-12(20)3-2-10(16-18)17-6-1-5-14-17/h1-3,5-6,9H,4,7-8H2,(H,15,19). The molecule has 8 nitrogen and oxygen atoms in total. The van der Waals surface area contributed by atoms with Gasteiger partial charge in [0.25, 0.3) is 5.56 Å². The van der Waals surface area contributed by atoms with E-state index in [4.69, 9.17) is 0 Å². The number of aromatic nitrogens is 4. The van der Waals surface area contributed by atoms with Crippen molar-refractivity contribution in [2.75, 3.05) is 5.75 Å². The van der Waals surface area contributed by atoms with E-state index < -0.39 is 17.5 Å². The maximum atomic E-state index is 12.0. The fourth-order valence-corrected chi connectivity index (χ4v) is 3.01. The van der Waals surface area contributed by atoms with Crippen molar-refractivity contribution in [2.24, 2.45) is 0 Å². The molecule has 1 amide bonds. The Bertz CT molecular complexity index is 755. The Labute approximate surface area is 129 Å². The molecule has 0 bridgehead atoms. The fraction of sp³-hybridized carbons (Fsp3) is 0.308. The van der Waals surface area contributed by atoms with Crippen LogP contribution in [0.1, 0.15) is 6.42 Å². The van der Waals surface area contributed by atoms with E-state index in [0.29, 0.717) is 18.0 Å². The lowest BCUT2D eigenvalue weighted by molar-refractivity contribution is -0.125. The van der Waals surface area contributed by atoms with Gasteiger partial charge in [0.15, 0.2) is 5.82 Å². The number of amides is 1. The molecule has 1 aliphatic heterocycles. The zero-order chi connectivity index (χ0) is 15.5. The number of thioether (sulfide) groups is 1. The van der Waals surface area contributed by atoms with Crippen LogP contribution in [0.4, 0.5) is 0 Å². The third-order valence-corrected chi connectivity index (χ3v) is 4.16. The Kier molecular flexibility index (Phi) is 4.05. The van der Waals surface area contributed by atoms with Crippen LogP contribution in [0.2, 0.25) is 0 Å². The van der Waals surface area contributed by atoms with Crippen LogP contribution in [-0.4, -0.2) is 42.4 Å². The maximum Gasteiger partial charge on any atom is 0.267 e. The van der Waals surface area contributed by atoms with E-state index in [1.165, 1.54) is 28.6 Å². The summed E-state index contributed by atoms with van der Waals surface area (Å²) in [6, 6.07) is 4.12. The highest BCUT2D eigenvalue weighted by Crippen LogP contribution is 2.19. The highest BCUT2D eigenvalue weighted by atomic mass is 32.2. The first kappa shape index (κ1) is 14.5. The predicted octanol–water partition coefficient (Wildman–Crippen LogP) is -0.423. The minimum atomic E-state index is -0.470. The third-order valence-electron chi connectivity index (χ3n) is 3.16. The van der Waals surface area contributed by atoms with Gasteiger partial charge >= 0.3 is 0 Å². The zero-order valence-corrected chi connectivity index (χ0v) is 12.3. The molecule has 22 heavy (non-hydrogen) atoms. The van der Waals surface area contributed by atoms with Gasteiger partial charge in [0.2, 0.25) is 11.0 Å². The van der Waals surface area contributed by atoms with Crippen molar-refractivity contribution in [3.63, 3.8) is 0 Å². The van der Waals surface area contributed by atoms with Crippen LogP contribution in [0.15, 0.2) is 35.4 Å². The van der Waals surface area contributed by atoms with E-state index in [0.717, 1.165) is 4.68 Å². The minimum Gasteiger partial charge on any atom is -0.344 e. The zero-order valence-electron chi connectivity index (χ0n) is 11.5. The number of nitrogens with one attached hydrogen (secondary N) is 1. The Morgan fingerprint density at radius 3 is 2.95 bits per heavy atom. The third kappa shape index (κ3) is 3.08. The second-order valence-corrected chi connectivity index (χ2v) is 5.81. The Balaban J connectivity index is 1.74. The van der Waals surface area contributed by atoms with Gasteiger partial charge < -0.3 is 5.32 Å². The van der Waals surface area contributed by atoms with Crippen LogP contribution in [0.3, 0.4) is 0 Å². The number of hydrogen-bond acceptors (Lipinski definition) is 6. The summed E-state index contributed by atoms with van der Waals surface area (Å²) in [5.74, 6) is 0.731. The molecule has 2 aromatic heterocycles. The van der Waals surface area contributed by atoms with Crippen molar-refractivity contribution in [1.29, 1.82) is 0 Å². The molecule has 0 aliphatic carbocycles. The molecule has 2 aromatic rings. The van der Waals surface area contributed by atoms with E-state index in [9.17, 15) is 14.4 Å². The summed E-state index contributed by atoms with van der Waals surface area (Å²) in [6.45, 7) is -0.234. The summed E-state index contributed by atoms with van der Waals surface area (Å²) in [4.78, 5) is 35.3. The van der Waals surface area contributed by atoms with E-state index in [-0.39, 0.29) is 11.7 Å². The molecule has 0 saturated carbocycles. The largest absolute Gasteiger partial charge is 0.344 e. The van der Waals surface area contributed by atoms with Crippen molar-refractivity contribution in [2.45, 2.75) is 19.0 Å². The van der Waals surface area contributed by atoms with Gasteiger partial charge in [0.05, 0.1) is 6.04 Å². The quantitative estimate of drug-likeness (QED) is 0.821. The smallest absolute Gasteiger partial charge is 0.267 e. The Hall–Kier alpha value is -2.42.